The Morgan fingerprint density at radius 2 is 1.14 bits per heavy atom. The van der Waals surface area contributed by atoms with Crippen molar-refractivity contribution in [1.82, 2.24) is 0 Å². The van der Waals surface area contributed by atoms with Gasteiger partial charge in [0.1, 0.15) is 0 Å². The van der Waals surface area contributed by atoms with Crippen molar-refractivity contribution in [3.8, 4) is 11.8 Å². The smallest absolute Gasteiger partial charge is 0.171 e. The van der Waals surface area contributed by atoms with Gasteiger partial charge in [0.05, 0.1) is 5.92 Å². The van der Waals surface area contributed by atoms with Crippen molar-refractivity contribution in [2.45, 2.75) is 109 Å². The van der Waals surface area contributed by atoms with Gasteiger partial charge >= 0.3 is 6.18 Å². The summed E-state index contributed by atoms with van der Waals surface area (Å²) in [6, 6.07) is 0. The lowest BCUT2D eigenvalue weighted by Crippen LogP contribution is -2.27. The first-order valence-electron chi connectivity index (χ1n) is 12.0. The third kappa shape index (κ3) is 6.43. The van der Waals surface area contributed by atoms with Crippen LogP contribution >= 0.6 is 0 Å². The van der Waals surface area contributed by atoms with Crippen molar-refractivity contribution >= 4 is 0 Å². The molecular weight excluding hydrogens is 357 g/mol. The standard InChI is InChI=1S/C25H39F3/c1-2-3-4-19-7-13-22(14-8-19)23-15-9-20(10-16-23)5-6-21-11-17-24(18-12-21)25(26,27)28/h19-24H,2-4,7-18H2,1H3. The van der Waals surface area contributed by atoms with E-state index in [1.54, 1.807) is 0 Å². The predicted octanol–water partition coefficient (Wildman–Crippen LogP) is 8.16. The average molecular weight is 397 g/mol. The molecule has 3 aliphatic carbocycles. The molecule has 3 heteroatoms. The number of hydrogen-bond acceptors (Lipinski definition) is 0. The molecule has 0 N–H and O–H groups in total. The summed E-state index contributed by atoms with van der Waals surface area (Å²) in [4.78, 5) is 0. The molecule has 0 saturated heterocycles. The summed E-state index contributed by atoms with van der Waals surface area (Å²) < 4.78 is 38.3. The van der Waals surface area contributed by atoms with E-state index >= 15 is 0 Å². The minimum absolute atomic E-state index is 0.203. The van der Waals surface area contributed by atoms with Crippen LogP contribution in [0.15, 0.2) is 0 Å². The summed E-state index contributed by atoms with van der Waals surface area (Å²) in [5, 5.41) is 0. The van der Waals surface area contributed by atoms with Crippen molar-refractivity contribution < 1.29 is 13.2 Å². The normalized spacial score (nSPS) is 37.1. The van der Waals surface area contributed by atoms with Crippen LogP contribution in [0.4, 0.5) is 13.2 Å². The van der Waals surface area contributed by atoms with E-state index in [2.05, 4.69) is 18.8 Å². The van der Waals surface area contributed by atoms with Crippen molar-refractivity contribution in [2.24, 2.45) is 35.5 Å². The highest BCUT2D eigenvalue weighted by Gasteiger charge is 2.41. The maximum atomic E-state index is 12.8. The first-order valence-corrected chi connectivity index (χ1v) is 12.0. The Labute approximate surface area is 170 Å². The van der Waals surface area contributed by atoms with Gasteiger partial charge in [-0.15, -0.1) is 0 Å². The number of halogens is 3. The average Bonchev–Trinajstić information content (AvgIpc) is 2.71. The summed E-state index contributed by atoms with van der Waals surface area (Å²) in [6.45, 7) is 2.29. The lowest BCUT2D eigenvalue weighted by atomic mass is 9.68. The number of unbranched alkanes of at least 4 members (excludes halogenated alkanes) is 1. The zero-order chi connectivity index (χ0) is 20.0. The van der Waals surface area contributed by atoms with Crippen LogP contribution in [0.3, 0.4) is 0 Å². The highest BCUT2D eigenvalue weighted by Crippen LogP contribution is 2.43. The quantitative estimate of drug-likeness (QED) is 0.420. The van der Waals surface area contributed by atoms with Crippen LogP contribution in [0.5, 0.6) is 0 Å². The first kappa shape index (κ1) is 22.0. The molecular formula is C25H39F3. The van der Waals surface area contributed by atoms with Crippen LogP contribution in [-0.2, 0) is 0 Å². The number of rotatable bonds is 4. The van der Waals surface area contributed by atoms with Crippen LogP contribution < -0.4 is 0 Å². The molecule has 0 atom stereocenters. The third-order valence-corrected chi connectivity index (χ3v) is 7.98. The van der Waals surface area contributed by atoms with Crippen molar-refractivity contribution in [3.05, 3.63) is 0 Å². The highest BCUT2D eigenvalue weighted by molar-refractivity contribution is 5.09. The minimum Gasteiger partial charge on any atom is -0.171 e. The Morgan fingerprint density at radius 3 is 1.61 bits per heavy atom. The van der Waals surface area contributed by atoms with E-state index in [1.165, 1.54) is 70.6 Å². The second kappa shape index (κ2) is 10.4. The van der Waals surface area contributed by atoms with Gasteiger partial charge in [0.2, 0.25) is 0 Å². The fourth-order valence-electron chi connectivity index (χ4n) is 5.98. The fourth-order valence-corrected chi connectivity index (χ4v) is 5.98. The van der Waals surface area contributed by atoms with Gasteiger partial charge in [-0.25, -0.2) is 0 Å². The van der Waals surface area contributed by atoms with Crippen molar-refractivity contribution in [3.63, 3.8) is 0 Å². The van der Waals surface area contributed by atoms with Gasteiger partial charge in [0.15, 0.2) is 0 Å². The molecule has 0 bridgehead atoms. The maximum absolute atomic E-state index is 12.8. The van der Waals surface area contributed by atoms with E-state index < -0.39 is 12.1 Å². The highest BCUT2D eigenvalue weighted by atomic mass is 19.4. The van der Waals surface area contributed by atoms with Crippen LogP contribution in [0, 0.1) is 47.3 Å². The molecule has 0 aromatic heterocycles. The van der Waals surface area contributed by atoms with Gasteiger partial charge in [0, 0.05) is 11.8 Å². The molecule has 0 nitrogen and oxygen atoms in total. The topological polar surface area (TPSA) is 0 Å². The lowest BCUT2D eigenvalue weighted by Gasteiger charge is -2.37. The number of hydrogen-bond donors (Lipinski definition) is 0. The molecule has 0 aromatic rings. The monoisotopic (exact) mass is 396 g/mol. The molecule has 3 rings (SSSR count). The zero-order valence-electron chi connectivity index (χ0n) is 17.7. The van der Waals surface area contributed by atoms with Gasteiger partial charge in [-0.2, -0.15) is 13.2 Å². The van der Waals surface area contributed by atoms with Gasteiger partial charge < -0.3 is 0 Å². The van der Waals surface area contributed by atoms with E-state index in [9.17, 15) is 13.2 Å². The Balaban J connectivity index is 1.35. The molecule has 0 spiro atoms. The van der Waals surface area contributed by atoms with E-state index in [0.29, 0.717) is 18.8 Å². The minimum atomic E-state index is -4.01. The molecule has 0 aliphatic heterocycles. The Morgan fingerprint density at radius 1 is 0.679 bits per heavy atom. The molecule has 28 heavy (non-hydrogen) atoms. The zero-order valence-corrected chi connectivity index (χ0v) is 17.7. The second-order valence-corrected chi connectivity index (χ2v) is 9.91. The summed E-state index contributed by atoms with van der Waals surface area (Å²) in [5.41, 5.74) is 0. The van der Waals surface area contributed by atoms with E-state index in [0.717, 1.165) is 17.8 Å². The van der Waals surface area contributed by atoms with E-state index in [1.807, 2.05) is 0 Å². The second-order valence-electron chi connectivity index (χ2n) is 9.91. The van der Waals surface area contributed by atoms with Gasteiger partial charge in [-0.1, -0.05) is 50.9 Å². The molecule has 3 aliphatic rings. The largest absolute Gasteiger partial charge is 0.391 e. The summed E-state index contributed by atoms with van der Waals surface area (Å²) in [7, 11) is 0. The molecule has 0 amide bonds. The van der Waals surface area contributed by atoms with E-state index in [4.69, 9.17) is 0 Å². The van der Waals surface area contributed by atoms with Crippen molar-refractivity contribution in [2.75, 3.05) is 0 Å². The molecule has 160 valence electrons. The number of alkyl halides is 3. The van der Waals surface area contributed by atoms with E-state index in [-0.39, 0.29) is 18.8 Å². The summed E-state index contributed by atoms with van der Waals surface area (Å²) in [5.74, 6) is 9.30. The molecule has 3 fully saturated rings. The van der Waals surface area contributed by atoms with Crippen LogP contribution in [0.2, 0.25) is 0 Å². The Hall–Kier alpha value is -0.650. The Bertz CT molecular complexity index is 502. The van der Waals surface area contributed by atoms with Crippen LogP contribution in [0.25, 0.3) is 0 Å². The summed E-state index contributed by atoms with van der Waals surface area (Å²) in [6.07, 6.45) is 12.8. The predicted molar refractivity (Wildman–Crippen MR) is 110 cm³/mol. The molecule has 0 unspecified atom stereocenters. The van der Waals surface area contributed by atoms with Crippen molar-refractivity contribution in [1.29, 1.82) is 0 Å². The van der Waals surface area contributed by atoms with Gasteiger partial charge in [0.25, 0.3) is 0 Å². The first-order chi connectivity index (χ1) is 13.5. The SMILES string of the molecule is CCCCC1CCC(C2CCC(C#CC3CCC(C(F)(F)F)CC3)CC2)CC1. The van der Waals surface area contributed by atoms with Gasteiger partial charge in [-0.3, -0.25) is 0 Å². The fraction of sp³-hybridized carbons (Fsp3) is 0.920. The van der Waals surface area contributed by atoms with Crippen LogP contribution in [0.1, 0.15) is 103 Å². The Kier molecular flexibility index (Phi) is 8.19. The third-order valence-electron chi connectivity index (χ3n) is 7.98. The molecule has 3 saturated carbocycles. The summed E-state index contributed by atoms with van der Waals surface area (Å²) >= 11 is 0. The van der Waals surface area contributed by atoms with Crippen LogP contribution in [-0.4, -0.2) is 6.18 Å². The molecule has 0 heterocycles. The molecule has 0 aromatic carbocycles. The van der Waals surface area contributed by atoms with Gasteiger partial charge in [-0.05, 0) is 82.0 Å². The molecule has 0 radical (unpaired) electrons. The lowest BCUT2D eigenvalue weighted by molar-refractivity contribution is -0.182. The maximum Gasteiger partial charge on any atom is 0.391 e.